The summed E-state index contributed by atoms with van der Waals surface area (Å²) in [5.74, 6) is 1.59. The van der Waals surface area contributed by atoms with Gasteiger partial charge in [0.1, 0.15) is 0 Å². The van der Waals surface area contributed by atoms with Crippen molar-refractivity contribution in [3.05, 3.63) is 61.0 Å². The van der Waals surface area contributed by atoms with Crippen LogP contribution in [0.3, 0.4) is 0 Å². The van der Waals surface area contributed by atoms with Gasteiger partial charge in [0.2, 0.25) is 0 Å². The molecule has 0 aromatic heterocycles. The van der Waals surface area contributed by atoms with Gasteiger partial charge in [-0.05, 0) is 24.3 Å². The molecule has 0 unspecified atom stereocenters. The summed E-state index contributed by atoms with van der Waals surface area (Å²) in [5.41, 5.74) is 1.97. The SMILES string of the molecule is C=CC1=C(C=C)N(C)c2ccccc2O1.CC.CC. The number of nitrogens with zero attached hydrogens (tertiary/aromatic N) is 1. The van der Waals surface area contributed by atoms with Gasteiger partial charge in [-0.2, -0.15) is 0 Å². The Hall–Kier alpha value is -1.96. The van der Waals surface area contributed by atoms with E-state index in [2.05, 4.69) is 13.2 Å². The summed E-state index contributed by atoms with van der Waals surface area (Å²) in [4.78, 5) is 2.04. The number of likely N-dealkylation sites (N-methyl/N-ethyl adjacent to an activating group) is 1. The number of para-hydroxylation sites is 2. The van der Waals surface area contributed by atoms with E-state index >= 15 is 0 Å². The van der Waals surface area contributed by atoms with Gasteiger partial charge in [0, 0.05) is 7.05 Å². The fraction of sp³-hybridized carbons (Fsp3) is 0.294. The van der Waals surface area contributed by atoms with E-state index in [1.807, 2.05) is 63.9 Å². The molecular weight excluding hydrogens is 234 g/mol. The Kier molecular flexibility index (Phi) is 8.10. The third-order valence-electron chi connectivity index (χ3n) is 2.44. The number of anilines is 1. The van der Waals surface area contributed by atoms with Gasteiger partial charge >= 0.3 is 0 Å². The fourth-order valence-corrected chi connectivity index (χ4v) is 1.67. The van der Waals surface area contributed by atoms with E-state index in [0.29, 0.717) is 0 Å². The van der Waals surface area contributed by atoms with E-state index in [9.17, 15) is 0 Å². The first-order valence-corrected chi connectivity index (χ1v) is 6.77. The minimum atomic E-state index is 0.742. The number of ether oxygens (including phenoxy) is 1. The van der Waals surface area contributed by atoms with Gasteiger partial charge in [0.05, 0.1) is 11.4 Å². The number of benzene rings is 1. The lowest BCUT2D eigenvalue weighted by atomic mass is 10.2. The van der Waals surface area contributed by atoms with Crippen molar-refractivity contribution in [1.29, 1.82) is 0 Å². The average molecular weight is 259 g/mol. The summed E-state index contributed by atoms with van der Waals surface area (Å²) < 4.78 is 5.70. The van der Waals surface area contributed by atoms with E-state index in [1.165, 1.54) is 0 Å². The predicted molar refractivity (Wildman–Crippen MR) is 85.6 cm³/mol. The van der Waals surface area contributed by atoms with E-state index in [-0.39, 0.29) is 0 Å². The van der Waals surface area contributed by atoms with Crippen molar-refractivity contribution in [3.63, 3.8) is 0 Å². The van der Waals surface area contributed by atoms with Crippen LogP contribution in [-0.2, 0) is 0 Å². The summed E-state index contributed by atoms with van der Waals surface area (Å²) in [6, 6.07) is 7.89. The maximum Gasteiger partial charge on any atom is 0.151 e. The molecule has 0 fully saturated rings. The molecule has 1 aliphatic heterocycles. The fourth-order valence-electron chi connectivity index (χ4n) is 1.67. The minimum absolute atomic E-state index is 0.742. The van der Waals surface area contributed by atoms with Gasteiger partial charge in [-0.25, -0.2) is 0 Å². The summed E-state index contributed by atoms with van der Waals surface area (Å²) in [6.45, 7) is 15.5. The third-order valence-corrected chi connectivity index (χ3v) is 2.44. The van der Waals surface area contributed by atoms with Crippen LogP contribution in [0.5, 0.6) is 5.75 Å². The number of hydrogen-bond acceptors (Lipinski definition) is 2. The maximum atomic E-state index is 5.70. The first-order valence-electron chi connectivity index (χ1n) is 6.77. The second kappa shape index (κ2) is 9.03. The van der Waals surface area contributed by atoms with Crippen molar-refractivity contribution in [3.8, 4) is 5.75 Å². The maximum absolute atomic E-state index is 5.70. The Morgan fingerprint density at radius 3 is 2.11 bits per heavy atom. The highest BCUT2D eigenvalue weighted by Gasteiger charge is 2.19. The molecule has 0 radical (unpaired) electrons. The van der Waals surface area contributed by atoms with Crippen LogP contribution in [0.15, 0.2) is 61.0 Å². The molecule has 1 aromatic carbocycles. The number of fused-ring (bicyclic) bond motifs is 1. The van der Waals surface area contributed by atoms with Crippen molar-refractivity contribution in [2.45, 2.75) is 27.7 Å². The zero-order valence-electron chi connectivity index (χ0n) is 12.7. The molecule has 2 nitrogen and oxygen atoms in total. The predicted octanol–water partition coefficient (Wildman–Crippen LogP) is 5.15. The lowest BCUT2D eigenvalue weighted by molar-refractivity contribution is 0.429. The van der Waals surface area contributed by atoms with Crippen molar-refractivity contribution < 1.29 is 4.74 Å². The molecule has 2 rings (SSSR count). The highest BCUT2D eigenvalue weighted by Crippen LogP contribution is 2.36. The second-order valence-corrected chi connectivity index (χ2v) is 3.29. The molecule has 2 heteroatoms. The number of rotatable bonds is 2. The first kappa shape index (κ1) is 17.0. The molecule has 1 aliphatic rings. The van der Waals surface area contributed by atoms with Gasteiger partial charge in [0.25, 0.3) is 0 Å². The standard InChI is InChI=1S/C13H13NO.2C2H6/c1-4-10-12(5-2)15-13-9-7-6-8-11(13)14(10)3;2*1-2/h4-9H,1-2H2,3H3;2*1-2H3. The molecule has 0 amide bonds. The van der Waals surface area contributed by atoms with Gasteiger partial charge in [0.15, 0.2) is 11.5 Å². The quantitative estimate of drug-likeness (QED) is 0.728. The van der Waals surface area contributed by atoms with E-state index in [0.717, 1.165) is 22.9 Å². The smallest absolute Gasteiger partial charge is 0.151 e. The normalized spacial score (nSPS) is 11.9. The zero-order chi connectivity index (χ0) is 14.8. The largest absolute Gasteiger partial charge is 0.453 e. The van der Waals surface area contributed by atoms with E-state index < -0.39 is 0 Å². The van der Waals surface area contributed by atoms with Gasteiger partial charge in [-0.15, -0.1) is 0 Å². The Labute approximate surface area is 117 Å². The lowest BCUT2D eigenvalue weighted by Crippen LogP contribution is -2.22. The van der Waals surface area contributed by atoms with Crippen LogP contribution < -0.4 is 9.64 Å². The molecular formula is C17H25NO. The Morgan fingerprint density at radius 2 is 1.58 bits per heavy atom. The van der Waals surface area contributed by atoms with Crippen molar-refractivity contribution in [2.24, 2.45) is 0 Å². The van der Waals surface area contributed by atoms with E-state index in [4.69, 9.17) is 4.74 Å². The van der Waals surface area contributed by atoms with Crippen LogP contribution in [0.25, 0.3) is 0 Å². The summed E-state index contributed by atoms with van der Waals surface area (Å²) >= 11 is 0. The van der Waals surface area contributed by atoms with E-state index in [1.54, 1.807) is 12.2 Å². The first-order chi connectivity index (χ1) is 9.27. The molecule has 0 N–H and O–H groups in total. The molecule has 1 heterocycles. The van der Waals surface area contributed by atoms with Crippen LogP contribution in [0.2, 0.25) is 0 Å². The summed E-state index contributed by atoms with van der Waals surface area (Å²) in [7, 11) is 1.99. The lowest BCUT2D eigenvalue weighted by Gasteiger charge is -2.29. The second-order valence-electron chi connectivity index (χ2n) is 3.29. The number of allylic oxidation sites excluding steroid dienone is 2. The van der Waals surface area contributed by atoms with Crippen LogP contribution in [-0.4, -0.2) is 7.05 Å². The molecule has 0 aliphatic carbocycles. The van der Waals surface area contributed by atoms with Crippen LogP contribution >= 0.6 is 0 Å². The highest BCUT2D eigenvalue weighted by atomic mass is 16.5. The molecule has 0 bridgehead atoms. The van der Waals surface area contributed by atoms with Crippen LogP contribution in [0, 0.1) is 0 Å². The summed E-state index contributed by atoms with van der Waals surface area (Å²) in [6.07, 6.45) is 3.47. The molecule has 0 saturated carbocycles. The zero-order valence-corrected chi connectivity index (χ0v) is 12.7. The average Bonchev–Trinajstić information content (AvgIpc) is 2.51. The molecule has 0 atom stereocenters. The van der Waals surface area contributed by atoms with Crippen molar-refractivity contribution in [1.82, 2.24) is 0 Å². The van der Waals surface area contributed by atoms with Gasteiger partial charge in [-0.3, -0.25) is 0 Å². The highest BCUT2D eigenvalue weighted by molar-refractivity contribution is 5.66. The van der Waals surface area contributed by atoms with Gasteiger partial charge < -0.3 is 9.64 Å². The topological polar surface area (TPSA) is 12.5 Å². The molecule has 1 aromatic rings. The molecule has 0 saturated heterocycles. The van der Waals surface area contributed by atoms with Gasteiger partial charge in [-0.1, -0.05) is 53.0 Å². The minimum Gasteiger partial charge on any atom is -0.453 e. The molecule has 104 valence electrons. The Bertz CT molecular complexity index is 446. The van der Waals surface area contributed by atoms with Crippen molar-refractivity contribution >= 4 is 5.69 Å². The molecule has 0 spiro atoms. The Balaban J connectivity index is 0.000000741. The van der Waals surface area contributed by atoms with Crippen LogP contribution in [0.1, 0.15) is 27.7 Å². The third kappa shape index (κ3) is 3.75. The summed E-state index contributed by atoms with van der Waals surface area (Å²) in [5, 5.41) is 0. The van der Waals surface area contributed by atoms with Crippen LogP contribution in [0.4, 0.5) is 5.69 Å². The molecule has 19 heavy (non-hydrogen) atoms. The Morgan fingerprint density at radius 1 is 1.00 bits per heavy atom. The number of hydrogen-bond donors (Lipinski definition) is 0. The van der Waals surface area contributed by atoms with Crippen molar-refractivity contribution in [2.75, 3.05) is 11.9 Å². The monoisotopic (exact) mass is 259 g/mol.